The zero-order chi connectivity index (χ0) is 25.6. The third-order valence-electron chi connectivity index (χ3n) is 4.63. The number of sulfonamides is 1. The third-order valence-corrected chi connectivity index (χ3v) is 7.85. The Bertz CT molecular complexity index is 1360. The normalized spacial score (nSPS) is 10.9. The van der Waals surface area contributed by atoms with Crippen LogP contribution in [-0.4, -0.2) is 33.4 Å². The van der Waals surface area contributed by atoms with E-state index in [0.29, 0.717) is 20.9 Å². The van der Waals surface area contributed by atoms with Crippen LogP contribution in [0.3, 0.4) is 0 Å². The molecule has 35 heavy (non-hydrogen) atoms. The Morgan fingerprint density at radius 2 is 1.74 bits per heavy atom. The minimum absolute atomic E-state index is 0.0514. The number of hydrogen-bond donors (Lipinski definition) is 1. The lowest BCUT2D eigenvalue weighted by Gasteiger charge is -2.24. The van der Waals surface area contributed by atoms with Crippen LogP contribution in [0.2, 0.25) is 10.0 Å². The molecule has 11 heteroatoms. The van der Waals surface area contributed by atoms with Crippen LogP contribution in [0, 0.1) is 0 Å². The molecule has 0 aliphatic rings. The van der Waals surface area contributed by atoms with Gasteiger partial charge in [0.05, 0.1) is 28.5 Å². The molecule has 0 spiro atoms. The van der Waals surface area contributed by atoms with Gasteiger partial charge in [0.15, 0.2) is 6.61 Å². The minimum atomic E-state index is -4.20. The number of amides is 1. The Morgan fingerprint density at radius 3 is 2.40 bits per heavy atom. The molecule has 182 valence electrons. The topological polar surface area (TPSA) is 92.8 Å². The van der Waals surface area contributed by atoms with Gasteiger partial charge in [-0.05, 0) is 70.5 Å². The summed E-state index contributed by atoms with van der Waals surface area (Å²) in [5.41, 5.74) is 0.761. The van der Waals surface area contributed by atoms with Gasteiger partial charge in [0.25, 0.3) is 15.9 Å². The molecule has 0 radical (unpaired) electrons. The average molecular weight is 598 g/mol. The SMILES string of the molecule is C=CCN(c1ccc(Cl)cc1)S(=O)(=O)c1cc(C(=O)OCC(=O)Nc2ccccc2Br)ccc1Cl. The summed E-state index contributed by atoms with van der Waals surface area (Å²) in [5, 5.41) is 2.96. The molecule has 0 fully saturated rings. The molecule has 3 aromatic rings. The Hall–Kier alpha value is -2.85. The number of esters is 1. The average Bonchev–Trinajstić information content (AvgIpc) is 2.83. The van der Waals surface area contributed by atoms with Gasteiger partial charge in [-0.2, -0.15) is 0 Å². The van der Waals surface area contributed by atoms with Crippen LogP contribution in [0.5, 0.6) is 0 Å². The molecular formula is C24H19BrCl2N2O5S. The first kappa shape index (κ1) is 26.7. The lowest BCUT2D eigenvalue weighted by Crippen LogP contribution is -2.31. The molecule has 1 amide bonds. The summed E-state index contributed by atoms with van der Waals surface area (Å²) in [7, 11) is -4.20. The number of ether oxygens (including phenoxy) is 1. The molecule has 7 nitrogen and oxygen atoms in total. The van der Waals surface area contributed by atoms with Crippen molar-refractivity contribution in [3.8, 4) is 0 Å². The molecule has 0 aliphatic carbocycles. The van der Waals surface area contributed by atoms with E-state index in [1.54, 1.807) is 48.5 Å². The van der Waals surface area contributed by atoms with Gasteiger partial charge in [-0.1, -0.05) is 41.4 Å². The molecule has 0 aromatic heterocycles. The molecule has 0 unspecified atom stereocenters. The maximum absolute atomic E-state index is 13.4. The first-order valence-electron chi connectivity index (χ1n) is 10.0. The largest absolute Gasteiger partial charge is 0.452 e. The van der Waals surface area contributed by atoms with Crippen LogP contribution in [-0.2, 0) is 19.6 Å². The first-order chi connectivity index (χ1) is 16.6. The minimum Gasteiger partial charge on any atom is -0.452 e. The van der Waals surface area contributed by atoms with Crippen molar-refractivity contribution in [2.24, 2.45) is 0 Å². The van der Waals surface area contributed by atoms with Gasteiger partial charge in [-0.3, -0.25) is 9.10 Å². The lowest BCUT2D eigenvalue weighted by atomic mass is 10.2. The predicted molar refractivity (Wildman–Crippen MR) is 141 cm³/mol. The first-order valence-corrected chi connectivity index (χ1v) is 13.0. The highest BCUT2D eigenvalue weighted by molar-refractivity contribution is 9.10. The maximum Gasteiger partial charge on any atom is 0.338 e. The summed E-state index contributed by atoms with van der Waals surface area (Å²) < 4.78 is 33.7. The number of carbonyl (C=O) groups is 2. The maximum atomic E-state index is 13.4. The van der Waals surface area contributed by atoms with Crippen LogP contribution >= 0.6 is 39.1 Å². The number of halogens is 3. The molecule has 0 bridgehead atoms. The fraction of sp³-hybridized carbons (Fsp3) is 0.0833. The summed E-state index contributed by atoms with van der Waals surface area (Å²) in [5.74, 6) is -1.45. The van der Waals surface area contributed by atoms with Gasteiger partial charge in [0, 0.05) is 9.50 Å². The van der Waals surface area contributed by atoms with Crippen molar-refractivity contribution in [1.82, 2.24) is 0 Å². The summed E-state index contributed by atoms with van der Waals surface area (Å²) in [6, 6.07) is 16.8. The smallest absolute Gasteiger partial charge is 0.338 e. The zero-order valence-electron chi connectivity index (χ0n) is 18.1. The van der Waals surface area contributed by atoms with Gasteiger partial charge >= 0.3 is 5.97 Å². The number of anilines is 2. The predicted octanol–water partition coefficient (Wildman–Crippen LogP) is 5.93. The van der Waals surface area contributed by atoms with E-state index in [2.05, 4.69) is 27.8 Å². The fourth-order valence-electron chi connectivity index (χ4n) is 2.98. The highest BCUT2D eigenvalue weighted by Gasteiger charge is 2.28. The second-order valence-electron chi connectivity index (χ2n) is 7.05. The highest BCUT2D eigenvalue weighted by Crippen LogP contribution is 2.30. The monoisotopic (exact) mass is 596 g/mol. The van der Waals surface area contributed by atoms with Gasteiger partial charge in [0.1, 0.15) is 4.90 Å². The van der Waals surface area contributed by atoms with Crippen LogP contribution in [0.25, 0.3) is 0 Å². The van der Waals surface area contributed by atoms with Crippen molar-refractivity contribution in [1.29, 1.82) is 0 Å². The van der Waals surface area contributed by atoms with E-state index in [9.17, 15) is 18.0 Å². The Balaban J connectivity index is 1.80. The molecule has 0 saturated carbocycles. The van der Waals surface area contributed by atoms with Crippen molar-refractivity contribution >= 4 is 72.4 Å². The van der Waals surface area contributed by atoms with E-state index in [0.717, 1.165) is 10.4 Å². The van der Waals surface area contributed by atoms with E-state index < -0.39 is 28.5 Å². The fourth-order valence-corrected chi connectivity index (χ4v) is 5.43. The lowest BCUT2D eigenvalue weighted by molar-refractivity contribution is -0.119. The summed E-state index contributed by atoms with van der Waals surface area (Å²) in [6.07, 6.45) is 1.42. The van der Waals surface area contributed by atoms with Crippen molar-refractivity contribution in [2.75, 3.05) is 22.8 Å². The Kier molecular flexibility index (Phi) is 8.96. The van der Waals surface area contributed by atoms with E-state index in [1.807, 2.05) is 0 Å². The van der Waals surface area contributed by atoms with Gasteiger partial charge < -0.3 is 10.1 Å². The van der Waals surface area contributed by atoms with Gasteiger partial charge in [0.2, 0.25) is 0 Å². The van der Waals surface area contributed by atoms with Crippen LogP contribution in [0.1, 0.15) is 10.4 Å². The van der Waals surface area contributed by atoms with Crippen LogP contribution in [0.15, 0.2) is 88.8 Å². The molecule has 3 rings (SSSR count). The molecule has 0 aliphatic heterocycles. The van der Waals surface area contributed by atoms with Crippen molar-refractivity contribution in [2.45, 2.75) is 4.90 Å². The Labute approximate surface area is 221 Å². The number of rotatable bonds is 9. The summed E-state index contributed by atoms with van der Waals surface area (Å²) in [4.78, 5) is 24.4. The number of para-hydroxylation sites is 1. The van der Waals surface area contributed by atoms with Crippen molar-refractivity contribution in [3.05, 3.63) is 99.5 Å². The number of nitrogens with one attached hydrogen (secondary N) is 1. The second kappa shape index (κ2) is 11.7. The van der Waals surface area contributed by atoms with Crippen molar-refractivity contribution in [3.63, 3.8) is 0 Å². The molecule has 3 aromatic carbocycles. The highest BCUT2D eigenvalue weighted by atomic mass is 79.9. The van der Waals surface area contributed by atoms with Gasteiger partial charge in [-0.25, -0.2) is 13.2 Å². The van der Waals surface area contributed by atoms with E-state index in [4.69, 9.17) is 27.9 Å². The summed E-state index contributed by atoms with van der Waals surface area (Å²) >= 11 is 15.4. The third kappa shape index (κ3) is 6.64. The van der Waals surface area contributed by atoms with E-state index in [-0.39, 0.29) is 22.0 Å². The number of hydrogen-bond acceptors (Lipinski definition) is 5. The molecule has 0 atom stereocenters. The van der Waals surface area contributed by atoms with E-state index in [1.165, 1.54) is 18.2 Å². The standard InChI is InChI=1S/C24H19BrCl2N2O5S/c1-2-13-29(18-10-8-17(26)9-11-18)35(32,33)22-14-16(7-12-20(22)27)24(31)34-15-23(30)28-21-6-4-3-5-19(21)25/h2-12,14H,1,13,15H2,(H,28,30). The molecule has 0 saturated heterocycles. The summed E-state index contributed by atoms with van der Waals surface area (Å²) in [6.45, 7) is 2.99. The number of carbonyl (C=O) groups excluding carboxylic acids is 2. The quantitative estimate of drug-likeness (QED) is 0.244. The molecule has 0 heterocycles. The second-order valence-corrected chi connectivity index (χ2v) is 10.6. The number of benzene rings is 3. The Morgan fingerprint density at radius 1 is 1.06 bits per heavy atom. The van der Waals surface area contributed by atoms with Crippen LogP contribution < -0.4 is 9.62 Å². The van der Waals surface area contributed by atoms with Crippen molar-refractivity contribution < 1.29 is 22.7 Å². The van der Waals surface area contributed by atoms with E-state index >= 15 is 0 Å². The molecule has 1 N–H and O–H groups in total. The van der Waals surface area contributed by atoms with Gasteiger partial charge in [-0.15, -0.1) is 6.58 Å². The van der Waals surface area contributed by atoms with Crippen LogP contribution in [0.4, 0.5) is 11.4 Å². The number of nitrogens with zero attached hydrogens (tertiary/aromatic N) is 1. The zero-order valence-corrected chi connectivity index (χ0v) is 22.0. The molecular weight excluding hydrogens is 579 g/mol.